The second-order valence-corrected chi connectivity index (χ2v) is 7.54. The van der Waals surface area contributed by atoms with Crippen LogP contribution in [0, 0.1) is 0 Å². The van der Waals surface area contributed by atoms with Gasteiger partial charge in [0.1, 0.15) is 0 Å². The molecule has 0 N–H and O–H groups in total. The standard InChI is InChI=1S/C20H17ClN4O2S/c1-2-11-25-19(26)15-5-3-4-6-16(15)22-20(25)28-12-17-23-24-18(27-17)13-7-9-14(21)10-8-13/h3-10H,2,11-12H2,1H3. The first-order valence-corrected chi connectivity index (χ1v) is 10.2. The van der Waals surface area contributed by atoms with E-state index in [9.17, 15) is 4.79 Å². The minimum absolute atomic E-state index is 0.0256. The monoisotopic (exact) mass is 412 g/mol. The lowest BCUT2D eigenvalue weighted by Gasteiger charge is -2.11. The van der Waals surface area contributed by atoms with Crippen LogP contribution < -0.4 is 5.56 Å². The first kappa shape index (κ1) is 18.7. The van der Waals surface area contributed by atoms with Crippen LogP contribution in [0.3, 0.4) is 0 Å². The van der Waals surface area contributed by atoms with Crippen molar-refractivity contribution in [3.05, 3.63) is 69.8 Å². The second-order valence-electron chi connectivity index (χ2n) is 6.16. The SMILES string of the molecule is CCCn1c(SCc2nnc(-c3ccc(Cl)cc3)o2)nc2ccccc2c1=O. The van der Waals surface area contributed by atoms with Crippen molar-refractivity contribution in [2.24, 2.45) is 0 Å². The van der Waals surface area contributed by atoms with Gasteiger partial charge in [-0.15, -0.1) is 10.2 Å². The molecule has 8 heteroatoms. The van der Waals surface area contributed by atoms with Crippen LogP contribution in [0.4, 0.5) is 0 Å². The number of fused-ring (bicyclic) bond motifs is 1. The molecule has 2 aromatic carbocycles. The molecule has 0 radical (unpaired) electrons. The topological polar surface area (TPSA) is 73.8 Å². The van der Waals surface area contributed by atoms with Crippen molar-refractivity contribution in [1.29, 1.82) is 0 Å². The summed E-state index contributed by atoms with van der Waals surface area (Å²) >= 11 is 7.33. The van der Waals surface area contributed by atoms with Gasteiger partial charge in [0.05, 0.1) is 16.7 Å². The molecule has 142 valence electrons. The van der Waals surface area contributed by atoms with Gasteiger partial charge in [0.2, 0.25) is 11.8 Å². The van der Waals surface area contributed by atoms with E-state index in [1.165, 1.54) is 11.8 Å². The van der Waals surface area contributed by atoms with E-state index in [0.29, 0.717) is 45.2 Å². The summed E-state index contributed by atoms with van der Waals surface area (Å²) in [5.41, 5.74) is 1.47. The Bertz CT molecular complexity index is 1170. The van der Waals surface area contributed by atoms with Crippen molar-refractivity contribution in [3.8, 4) is 11.5 Å². The first-order valence-electron chi connectivity index (χ1n) is 8.86. The van der Waals surface area contributed by atoms with E-state index >= 15 is 0 Å². The lowest BCUT2D eigenvalue weighted by molar-refractivity contribution is 0.527. The number of para-hydroxylation sites is 1. The van der Waals surface area contributed by atoms with Crippen LogP contribution in [0.1, 0.15) is 19.2 Å². The van der Waals surface area contributed by atoms with E-state index in [-0.39, 0.29) is 5.56 Å². The molecule has 0 aliphatic carbocycles. The normalized spacial score (nSPS) is 11.2. The lowest BCUT2D eigenvalue weighted by atomic mass is 10.2. The second kappa shape index (κ2) is 8.16. The van der Waals surface area contributed by atoms with E-state index in [4.69, 9.17) is 16.0 Å². The molecule has 0 fully saturated rings. The molecule has 2 aromatic heterocycles. The van der Waals surface area contributed by atoms with Crippen molar-refractivity contribution in [2.45, 2.75) is 30.8 Å². The Hall–Kier alpha value is -2.64. The predicted molar refractivity (Wildman–Crippen MR) is 111 cm³/mol. The number of hydrogen-bond acceptors (Lipinski definition) is 6. The summed E-state index contributed by atoms with van der Waals surface area (Å²) in [5, 5.41) is 10.1. The maximum Gasteiger partial charge on any atom is 0.262 e. The Morgan fingerprint density at radius 2 is 1.89 bits per heavy atom. The Morgan fingerprint density at radius 1 is 1.11 bits per heavy atom. The molecular formula is C20H17ClN4O2S. The Morgan fingerprint density at radius 3 is 2.68 bits per heavy atom. The van der Waals surface area contributed by atoms with Crippen molar-refractivity contribution in [1.82, 2.24) is 19.7 Å². The van der Waals surface area contributed by atoms with Crippen molar-refractivity contribution >= 4 is 34.3 Å². The van der Waals surface area contributed by atoms with Crippen LogP contribution in [0.5, 0.6) is 0 Å². The van der Waals surface area contributed by atoms with Gasteiger partial charge in [-0.1, -0.05) is 42.4 Å². The number of hydrogen-bond donors (Lipinski definition) is 0. The fourth-order valence-corrected chi connectivity index (χ4v) is 3.81. The smallest absolute Gasteiger partial charge is 0.262 e. The zero-order valence-electron chi connectivity index (χ0n) is 15.1. The fourth-order valence-electron chi connectivity index (χ4n) is 2.83. The summed E-state index contributed by atoms with van der Waals surface area (Å²) in [5.74, 6) is 1.33. The highest BCUT2D eigenvalue weighted by Gasteiger charge is 2.14. The molecule has 0 unspecified atom stereocenters. The van der Waals surface area contributed by atoms with Crippen LogP contribution in [0.15, 0.2) is 62.9 Å². The van der Waals surface area contributed by atoms with Gasteiger partial charge < -0.3 is 4.42 Å². The largest absolute Gasteiger partial charge is 0.420 e. The molecule has 0 atom stereocenters. The maximum absolute atomic E-state index is 12.8. The third kappa shape index (κ3) is 3.81. The van der Waals surface area contributed by atoms with Crippen LogP contribution in [0.25, 0.3) is 22.4 Å². The van der Waals surface area contributed by atoms with Gasteiger partial charge in [-0.2, -0.15) is 0 Å². The molecule has 0 aliphatic heterocycles. The molecule has 0 spiro atoms. The van der Waals surface area contributed by atoms with E-state index in [0.717, 1.165) is 12.0 Å². The molecule has 4 aromatic rings. The number of rotatable bonds is 6. The van der Waals surface area contributed by atoms with Gasteiger partial charge in [-0.05, 0) is 42.8 Å². The lowest BCUT2D eigenvalue weighted by Crippen LogP contribution is -2.23. The quantitative estimate of drug-likeness (QED) is 0.334. The summed E-state index contributed by atoms with van der Waals surface area (Å²) in [4.78, 5) is 17.5. The first-order chi connectivity index (χ1) is 13.7. The molecule has 0 bridgehead atoms. The Kier molecular flexibility index (Phi) is 5.45. The van der Waals surface area contributed by atoms with Gasteiger partial charge in [0.15, 0.2) is 5.16 Å². The number of benzene rings is 2. The van der Waals surface area contributed by atoms with Gasteiger partial charge >= 0.3 is 0 Å². The van der Waals surface area contributed by atoms with Crippen LogP contribution in [-0.2, 0) is 12.3 Å². The summed E-state index contributed by atoms with van der Waals surface area (Å²) in [6.45, 7) is 2.64. The number of halogens is 1. The molecule has 0 aliphatic rings. The minimum atomic E-state index is -0.0256. The van der Waals surface area contributed by atoms with Gasteiger partial charge in [0.25, 0.3) is 5.56 Å². The molecule has 4 rings (SSSR count). The van der Waals surface area contributed by atoms with Gasteiger partial charge in [-0.25, -0.2) is 4.98 Å². The van der Waals surface area contributed by atoms with Crippen molar-refractivity contribution in [3.63, 3.8) is 0 Å². The van der Waals surface area contributed by atoms with Gasteiger partial charge in [0, 0.05) is 17.1 Å². The average molecular weight is 413 g/mol. The highest BCUT2D eigenvalue weighted by molar-refractivity contribution is 7.98. The summed E-state index contributed by atoms with van der Waals surface area (Å²) < 4.78 is 7.46. The highest BCUT2D eigenvalue weighted by Crippen LogP contribution is 2.25. The Balaban J connectivity index is 1.59. The third-order valence-corrected chi connectivity index (χ3v) is 5.37. The van der Waals surface area contributed by atoms with Crippen LogP contribution in [0.2, 0.25) is 5.02 Å². The molecule has 28 heavy (non-hydrogen) atoms. The average Bonchev–Trinajstić information content (AvgIpc) is 3.18. The number of thioether (sulfide) groups is 1. The number of nitrogens with zero attached hydrogens (tertiary/aromatic N) is 4. The van der Waals surface area contributed by atoms with Crippen LogP contribution in [-0.4, -0.2) is 19.7 Å². The highest BCUT2D eigenvalue weighted by atomic mass is 35.5. The maximum atomic E-state index is 12.8. The number of aromatic nitrogens is 4. The zero-order valence-corrected chi connectivity index (χ0v) is 16.7. The molecule has 0 saturated heterocycles. The minimum Gasteiger partial charge on any atom is -0.420 e. The summed E-state index contributed by atoms with van der Waals surface area (Å²) in [6.07, 6.45) is 0.842. The van der Waals surface area contributed by atoms with E-state index in [1.807, 2.05) is 43.3 Å². The van der Waals surface area contributed by atoms with E-state index < -0.39 is 0 Å². The van der Waals surface area contributed by atoms with Crippen LogP contribution >= 0.6 is 23.4 Å². The molecule has 0 amide bonds. The van der Waals surface area contributed by atoms with Gasteiger partial charge in [-0.3, -0.25) is 9.36 Å². The van der Waals surface area contributed by atoms with Crippen molar-refractivity contribution < 1.29 is 4.42 Å². The summed E-state index contributed by atoms with van der Waals surface area (Å²) in [7, 11) is 0. The molecule has 6 nitrogen and oxygen atoms in total. The van der Waals surface area contributed by atoms with E-state index in [1.54, 1.807) is 16.7 Å². The summed E-state index contributed by atoms with van der Waals surface area (Å²) in [6, 6.07) is 14.6. The van der Waals surface area contributed by atoms with Crippen molar-refractivity contribution in [2.75, 3.05) is 0 Å². The molecular weight excluding hydrogens is 396 g/mol. The van der Waals surface area contributed by atoms with E-state index in [2.05, 4.69) is 15.2 Å². The predicted octanol–water partition coefficient (Wildman–Crippen LogP) is 4.80. The Labute approximate surface area is 170 Å². The fraction of sp³-hybridized carbons (Fsp3) is 0.200. The zero-order chi connectivity index (χ0) is 19.5. The molecule has 2 heterocycles. The molecule has 0 saturated carbocycles. The third-order valence-electron chi connectivity index (χ3n) is 4.16.